The minimum absolute atomic E-state index is 0.0797. The van der Waals surface area contributed by atoms with Gasteiger partial charge in [-0.25, -0.2) is 14.8 Å². The summed E-state index contributed by atoms with van der Waals surface area (Å²) in [6.07, 6.45) is 2.81. The third-order valence-electron chi connectivity index (χ3n) is 3.52. The Bertz CT molecular complexity index is 951. The number of fused-ring (bicyclic) bond motifs is 1. The van der Waals surface area contributed by atoms with Gasteiger partial charge < -0.3 is 9.84 Å². The predicted molar refractivity (Wildman–Crippen MR) is 87.0 cm³/mol. The number of hydrogen-bond acceptors (Lipinski definition) is 6. The Morgan fingerprint density at radius 2 is 1.92 bits per heavy atom. The molecule has 24 heavy (non-hydrogen) atoms. The number of benzene rings is 1. The van der Waals surface area contributed by atoms with Crippen LogP contribution in [0.4, 0.5) is 0 Å². The third-order valence-corrected chi connectivity index (χ3v) is 3.52. The molecule has 3 aromatic rings. The summed E-state index contributed by atoms with van der Waals surface area (Å²) < 4.78 is 6.19. The average Bonchev–Trinajstić information content (AvgIpc) is 2.60. The van der Waals surface area contributed by atoms with Crippen molar-refractivity contribution in [3.63, 3.8) is 0 Å². The summed E-state index contributed by atoms with van der Waals surface area (Å²) >= 11 is 0. The molecule has 0 spiro atoms. The second kappa shape index (κ2) is 6.49. The lowest BCUT2D eigenvalue weighted by Crippen LogP contribution is -2.29. The van der Waals surface area contributed by atoms with Crippen molar-refractivity contribution in [1.29, 1.82) is 0 Å². The van der Waals surface area contributed by atoms with E-state index in [0.29, 0.717) is 0 Å². The van der Waals surface area contributed by atoms with Gasteiger partial charge in [-0.15, -0.1) is 0 Å². The van der Waals surface area contributed by atoms with Gasteiger partial charge in [-0.3, -0.25) is 9.36 Å². The number of esters is 1. The summed E-state index contributed by atoms with van der Waals surface area (Å²) in [5, 5.41) is 10.3. The fraction of sp³-hybridized carbons (Fsp3) is 0.176. The maximum absolute atomic E-state index is 12.8. The van der Waals surface area contributed by atoms with E-state index >= 15 is 0 Å². The number of rotatable bonds is 4. The first-order valence-corrected chi connectivity index (χ1v) is 7.41. The van der Waals surface area contributed by atoms with Gasteiger partial charge in [0.15, 0.2) is 17.0 Å². The zero-order valence-corrected chi connectivity index (χ0v) is 13.0. The van der Waals surface area contributed by atoms with E-state index in [1.54, 1.807) is 6.92 Å². The van der Waals surface area contributed by atoms with Crippen molar-refractivity contribution >= 4 is 17.1 Å². The summed E-state index contributed by atoms with van der Waals surface area (Å²) in [5.41, 5.74) is 0.0450. The Labute approximate surface area is 137 Å². The lowest BCUT2D eigenvalue weighted by Gasteiger charge is -2.13. The zero-order chi connectivity index (χ0) is 17.1. The van der Waals surface area contributed by atoms with Crippen LogP contribution in [-0.2, 0) is 11.3 Å². The molecule has 0 aliphatic rings. The van der Waals surface area contributed by atoms with Crippen LogP contribution in [0.15, 0.2) is 47.5 Å². The first-order chi connectivity index (χ1) is 11.6. The smallest absolute Gasteiger partial charge is 0.347 e. The summed E-state index contributed by atoms with van der Waals surface area (Å²) in [6.45, 7) is 1.91. The normalized spacial score (nSPS) is 10.7. The van der Waals surface area contributed by atoms with Crippen LogP contribution in [0, 0.1) is 0 Å². The first kappa shape index (κ1) is 15.7. The van der Waals surface area contributed by atoms with Gasteiger partial charge in [0.25, 0.3) is 5.56 Å². The summed E-state index contributed by atoms with van der Waals surface area (Å²) in [4.78, 5) is 33.0. The molecule has 0 unspecified atom stereocenters. The van der Waals surface area contributed by atoms with E-state index in [1.807, 2.05) is 30.3 Å². The summed E-state index contributed by atoms with van der Waals surface area (Å²) in [5.74, 6) is -1.39. The van der Waals surface area contributed by atoms with E-state index < -0.39 is 22.8 Å². The quantitative estimate of drug-likeness (QED) is 0.734. The Balaban J connectivity index is 2.27. The van der Waals surface area contributed by atoms with Crippen LogP contribution in [0.3, 0.4) is 0 Å². The Kier molecular flexibility index (Phi) is 4.24. The Hall–Kier alpha value is -3.22. The SMILES string of the molecule is CCOC(=O)c1c(O)c2nccnc2n(Cc2ccccc2)c1=O. The standard InChI is InChI=1S/C17H15N3O4/c1-2-24-17(23)12-14(21)13-15(19-9-8-18-13)20(16(12)22)10-11-6-4-3-5-7-11/h3-9,21H,2,10H2,1H3. The van der Waals surface area contributed by atoms with Crippen molar-refractivity contribution in [1.82, 2.24) is 14.5 Å². The molecule has 2 aromatic heterocycles. The number of nitrogens with zero attached hydrogens (tertiary/aromatic N) is 3. The maximum Gasteiger partial charge on any atom is 0.347 e. The Morgan fingerprint density at radius 1 is 1.21 bits per heavy atom. The highest BCUT2D eigenvalue weighted by Crippen LogP contribution is 2.24. The van der Waals surface area contributed by atoms with Crippen molar-refractivity contribution in [2.24, 2.45) is 0 Å². The van der Waals surface area contributed by atoms with E-state index in [4.69, 9.17) is 4.74 Å². The highest BCUT2D eigenvalue weighted by molar-refractivity contribution is 5.97. The lowest BCUT2D eigenvalue weighted by molar-refractivity contribution is 0.0520. The molecule has 2 heterocycles. The molecule has 122 valence electrons. The third kappa shape index (κ3) is 2.71. The molecular formula is C17H15N3O4. The maximum atomic E-state index is 12.8. The van der Waals surface area contributed by atoms with Gasteiger partial charge in [-0.1, -0.05) is 30.3 Å². The number of aromatic nitrogens is 3. The minimum atomic E-state index is -0.880. The number of carbonyl (C=O) groups is 1. The van der Waals surface area contributed by atoms with Crippen molar-refractivity contribution in [2.75, 3.05) is 6.61 Å². The molecular weight excluding hydrogens is 310 g/mol. The number of carbonyl (C=O) groups excluding carboxylic acids is 1. The van der Waals surface area contributed by atoms with Crippen LogP contribution in [0.25, 0.3) is 11.2 Å². The molecule has 1 aromatic carbocycles. The number of pyridine rings is 1. The highest BCUT2D eigenvalue weighted by atomic mass is 16.5. The average molecular weight is 325 g/mol. The van der Waals surface area contributed by atoms with Gasteiger partial charge in [-0.2, -0.15) is 0 Å². The van der Waals surface area contributed by atoms with Crippen LogP contribution in [0.5, 0.6) is 5.75 Å². The topological polar surface area (TPSA) is 94.3 Å². The van der Waals surface area contributed by atoms with Crippen LogP contribution in [0.2, 0.25) is 0 Å². The molecule has 0 aliphatic carbocycles. The largest absolute Gasteiger partial charge is 0.505 e. The van der Waals surface area contributed by atoms with E-state index in [-0.39, 0.29) is 24.3 Å². The predicted octanol–water partition coefficient (Wildman–Crippen LogP) is 1.72. The molecule has 0 amide bonds. The minimum Gasteiger partial charge on any atom is -0.505 e. The molecule has 7 nitrogen and oxygen atoms in total. The van der Waals surface area contributed by atoms with Gasteiger partial charge >= 0.3 is 5.97 Å². The molecule has 7 heteroatoms. The molecule has 0 saturated heterocycles. The van der Waals surface area contributed by atoms with E-state index in [0.717, 1.165) is 5.56 Å². The molecule has 0 atom stereocenters. The van der Waals surface area contributed by atoms with Crippen molar-refractivity contribution in [3.8, 4) is 5.75 Å². The summed E-state index contributed by atoms with van der Waals surface area (Å²) in [7, 11) is 0. The van der Waals surface area contributed by atoms with Gasteiger partial charge in [0, 0.05) is 12.4 Å². The van der Waals surface area contributed by atoms with E-state index in [1.165, 1.54) is 17.0 Å². The molecule has 0 aliphatic heterocycles. The molecule has 0 fully saturated rings. The summed E-state index contributed by atoms with van der Waals surface area (Å²) in [6, 6.07) is 9.27. The second-order valence-electron chi connectivity index (χ2n) is 5.05. The van der Waals surface area contributed by atoms with Crippen LogP contribution >= 0.6 is 0 Å². The van der Waals surface area contributed by atoms with Crippen molar-refractivity contribution < 1.29 is 14.6 Å². The van der Waals surface area contributed by atoms with Gasteiger partial charge in [-0.05, 0) is 12.5 Å². The lowest BCUT2D eigenvalue weighted by atomic mass is 10.2. The van der Waals surface area contributed by atoms with Gasteiger partial charge in [0.05, 0.1) is 13.2 Å². The fourth-order valence-electron chi connectivity index (χ4n) is 2.45. The van der Waals surface area contributed by atoms with Gasteiger partial charge in [0.1, 0.15) is 5.52 Å². The van der Waals surface area contributed by atoms with E-state index in [2.05, 4.69) is 9.97 Å². The van der Waals surface area contributed by atoms with Crippen molar-refractivity contribution in [3.05, 3.63) is 64.2 Å². The zero-order valence-electron chi connectivity index (χ0n) is 13.0. The van der Waals surface area contributed by atoms with Crippen LogP contribution in [-0.4, -0.2) is 32.2 Å². The first-order valence-electron chi connectivity index (χ1n) is 7.41. The fourth-order valence-corrected chi connectivity index (χ4v) is 2.45. The number of ether oxygens (including phenoxy) is 1. The molecule has 3 rings (SSSR count). The van der Waals surface area contributed by atoms with Crippen molar-refractivity contribution in [2.45, 2.75) is 13.5 Å². The van der Waals surface area contributed by atoms with Crippen LogP contribution < -0.4 is 5.56 Å². The monoisotopic (exact) mass is 325 g/mol. The van der Waals surface area contributed by atoms with E-state index in [9.17, 15) is 14.7 Å². The molecule has 0 bridgehead atoms. The highest BCUT2D eigenvalue weighted by Gasteiger charge is 2.24. The molecule has 0 saturated carbocycles. The number of aromatic hydroxyl groups is 1. The molecule has 0 radical (unpaired) electrons. The van der Waals surface area contributed by atoms with Crippen LogP contribution in [0.1, 0.15) is 22.8 Å². The second-order valence-corrected chi connectivity index (χ2v) is 5.05. The number of hydrogen-bond donors (Lipinski definition) is 1. The Morgan fingerprint density at radius 3 is 2.62 bits per heavy atom. The van der Waals surface area contributed by atoms with Gasteiger partial charge in [0.2, 0.25) is 0 Å². The molecule has 1 N–H and O–H groups in total.